The number of halogens is 1. The first kappa shape index (κ1) is 10.8. The fourth-order valence-electron chi connectivity index (χ4n) is 0.883. The number of rotatable bonds is 3. The lowest BCUT2D eigenvalue weighted by atomic mass is 10.3. The summed E-state index contributed by atoms with van der Waals surface area (Å²) in [5, 5.41) is 2.67. The molecule has 0 aromatic carbocycles. The van der Waals surface area contributed by atoms with Gasteiger partial charge in [-0.3, -0.25) is 4.79 Å². The van der Waals surface area contributed by atoms with E-state index in [1.807, 2.05) is 6.92 Å². The lowest BCUT2D eigenvalue weighted by Gasteiger charge is -2.10. The minimum Gasteiger partial charge on any atom is -0.343 e. The molecular weight excluding hydrogens is 246 g/mol. The number of carbonyl (C=O) groups excluding carboxylic acids is 1. The van der Waals surface area contributed by atoms with Crippen molar-refractivity contribution in [3.63, 3.8) is 0 Å². The van der Waals surface area contributed by atoms with Gasteiger partial charge in [0.1, 0.15) is 5.82 Å². The molecule has 1 aromatic rings. The molecule has 1 amide bonds. The minimum atomic E-state index is -0.232. The van der Waals surface area contributed by atoms with Gasteiger partial charge in [-0.1, -0.05) is 6.58 Å². The van der Waals surface area contributed by atoms with E-state index in [1.54, 1.807) is 12.4 Å². The smallest absolute Gasteiger partial charge is 0.243 e. The van der Waals surface area contributed by atoms with Crippen LogP contribution in [0.25, 0.3) is 0 Å². The Hall–Kier alpha value is -1.23. The van der Waals surface area contributed by atoms with Gasteiger partial charge in [-0.2, -0.15) is 0 Å². The maximum atomic E-state index is 11.0. The monoisotopic (exact) mass is 255 g/mol. The number of nitrogens with one attached hydrogen (secondary N) is 1. The van der Waals surface area contributed by atoms with E-state index in [4.69, 9.17) is 0 Å². The van der Waals surface area contributed by atoms with Crippen LogP contribution in [-0.2, 0) is 4.79 Å². The number of hydrogen-bond acceptors (Lipinski definition) is 3. The molecule has 0 bridgehead atoms. The van der Waals surface area contributed by atoms with E-state index in [2.05, 4.69) is 37.8 Å². The highest BCUT2D eigenvalue weighted by molar-refractivity contribution is 9.10. The SMILES string of the molecule is C=CC(=O)N[C@H](C)c1ncc(Br)cn1. The van der Waals surface area contributed by atoms with Crippen LogP contribution in [0.1, 0.15) is 18.8 Å². The van der Waals surface area contributed by atoms with Crippen molar-refractivity contribution in [2.45, 2.75) is 13.0 Å². The summed E-state index contributed by atoms with van der Waals surface area (Å²) in [5.74, 6) is 0.340. The highest BCUT2D eigenvalue weighted by Crippen LogP contribution is 2.09. The molecule has 0 spiro atoms. The molecule has 0 saturated heterocycles. The minimum absolute atomic E-state index is 0.214. The molecule has 1 atom stereocenters. The zero-order valence-electron chi connectivity index (χ0n) is 7.70. The summed E-state index contributed by atoms with van der Waals surface area (Å²) in [4.78, 5) is 19.1. The lowest BCUT2D eigenvalue weighted by Crippen LogP contribution is -2.25. The quantitative estimate of drug-likeness (QED) is 0.836. The average Bonchev–Trinajstić information content (AvgIpc) is 2.18. The third-order valence-corrected chi connectivity index (χ3v) is 1.98. The molecule has 0 saturated carbocycles. The van der Waals surface area contributed by atoms with E-state index in [0.717, 1.165) is 4.47 Å². The van der Waals surface area contributed by atoms with Crippen LogP contribution >= 0.6 is 15.9 Å². The van der Waals surface area contributed by atoms with E-state index in [1.165, 1.54) is 6.08 Å². The highest BCUT2D eigenvalue weighted by atomic mass is 79.9. The van der Waals surface area contributed by atoms with E-state index in [0.29, 0.717) is 5.82 Å². The molecule has 1 rings (SSSR count). The molecule has 0 radical (unpaired) electrons. The Morgan fingerprint density at radius 1 is 1.64 bits per heavy atom. The molecule has 14 heavy (non-hydrogen) atoms. The molecule has 0 unspecified atom stereocenters. The fraction of sp³-hybridized carbons (Fsp3) is 0.222. The van der Waals surface area contributed by atoms with Crippen molar-refractivity contribution in [2.24, 2.45) is 0 Å². The van der Waals surface area contributed by atoms with E-state index in [-0.39, 0.29) is 11.9 Å². The Balaban J connectivity index is 2.69. The van der Waals surface area contributed by atoms with Crippen molar-refractivity contribution < 1.29 is 4.79 Å². The predicted molar refractivity (Wildman–Crippen MR) is 56.5 cm³/mol. The van der Waals surface area contributed by atoms with Crippen LogP contribution < -0.4 is 5.32 Å². The van der Waals surface area contributed by atoms with Crippen molar-refractivity contribution in [3.8, 4) is 0 Å². The van der Waals surface area contributed by atoms with Crippen LogP contribution in [-0.4, -0.2) is 15.9 Å². The number of carbonyl (C=O) groups is 1. The average molecular weight is 256 g/mol. The van der Waals surface area contributed by atoms with Crippen LogP contribution in [0.3, 0.4) is 0 Å². The normalized spacial score (nSPS) is 11.9. The topological polar surface area (TPSA) is 54.9 Å². The van der Waals surface area contributed by atoms with E-state index in [9.17, 15) is 4.79 Å². The van der Waals surface area contributed by atoms with Gasteiger partial charge in [0.2, 0.25) is 5.91 Å². The van der Waals surface area contributed by atoms with Gasteiger partial charge < -0.3 is 5.32 Å². The summed E-state index contributed by atoms with van der Waals surface area (Å²) >= 11 is 3.23. The Bertz CT molecular complexity index is 336. The predicted octanol–water partition coefficient (Wildman–Crippen LogP) is 1.60. The Labute approximate surface area is 90.6 Å². The Morgan fingerprint density at radius 2 is 2.21 bits per heavy atom. The maximum absolute atomic E-state index is 11.0. The Kier molecular flexibility index (Phi) is 3.76. The third kappa shape index (κ3) is 2.92. The first-order chi connectivity index (χ1) is 6.63. The molecule has 1 heterocycles. The zero-order valence-corrected chi connectivity index (χ0v) is 9.28. The highest BCUT2D eigenvalue weighted by Gasteiger charge is 2.09. The van der Waals surface area contributed by atoms with Gasteiger partial charge in [0.05, 0.1) is 10.5 Å². The maximum Gasteiger partial charge on any atom is 0.243 e. The van der Waals surface area contributed by atoms with Gasteiger partial charge >= 0.3 is 0 Å². The first-order valence-electron chi connectivity index (χ1n) is 4.04. The van der Waals surface area contributed by atoms with E-state index < -0.39 is 0 Å². The number of aromatic nitrogens is 2. The second-order valence-corrected chi connectivity index (χ2v) is 3.61. The van der Waals surface area contributed by atoms with Crippen LogP contribution in [0.4, 0.5) is 0 Å². The van der Waals surface area contributed by atoms with Gasteiger partial charge in [0.15, 0.2) is 0 Å². The lowest BCUT2D eigenvalue weighted by molar-refractivity contribution is -0.117. The number of nitrogens with zero attached hydrogens (tertiary/aromatic N) is 2. The van der Waals surface area contributed by atoms with Gasteiger partial charge in [-0.15, -0.1) is 0 Å². The molecule has 4 nitrogen and oxygen atoms in total. The van der Waals surface area contributed by atoms with E-state index >= 15 is 0 Å². The van der Waals surface area contributed by atoms with Crippen LogP contribution in [0.2, 0.25) is 0 Å². The fourth-order valence-corrected chi connectivity index (χ4v) is 1.09. The van der Waals surface area contributed by atoms with Crippen LogP contribution in [0.5, 0.6) is 0 Å². The third-order valence-electron chi connectivity index (χ3n) is 1.57. The van der Waals surface area contributed by atoms with Crippen LogP contribution in [0, 0.1) is 0 Å². The number of amides is 1. The molecule has 0 aliphatic heterocycles. The number of hydrogen-bond donors (Lipinski definition) is 1. The van der Waals surface area contributed by atoms with Gasteiger partial charge in [0, 0.05) is 12.4 Å². The summed E-state index contributed by atoms with van der Waals surface area (Å²) in [7, 11) is 0. The van der Waals surface area contributed by atoms with Crippen LogP contribution in [0.15, 0.2) is 29.5 Å². The summed E-state index contributed by atoms with van der Waals surface area (Å²) in [6, 6.07) is -0.214. The molecule has 0 fully saturated rings. The van der Waals surface area contributed by atoms with Crippen molar-refractivity contribution in [2.75, 3.05) is 0 Å². The summed E-state index contributed by atoms with van der Waals surface area (Å²) in [6.45, 7) is 5.17. The molecule has 1 N–H and O–H groups in total. The molecule has 0 aliphatic rings. The molecular formula is C9H10BrN3O. The summed E-state index contributed by atoms with van der Waals surface area (Å²) in [5.41, 5.74) is 0. The van der Waals surface area contributed by atoms with Crippen molar-refractivity contribution in [1.29, 1.82) is 0 Å². The van der Waals surface area contributed by atoms with Gasteiger partial charge in [-0.25, -0.2) is 9.97 Å². The van der Waals surface area contributed by atoms with Gasteiger partial charge in [-0.05, 0) is 28.9 Å². The molecule has 0 aliphatic carbocycles. The second-order valence-electron chi connectivity index (χ2n) is 2.69. The first-order valence-corrected chi connectivity index (χ1v) is 4.83. The summed E-state index contributed by atoms with van der Waals surface area (Å²) in [6.07, 6.45) is 4.49. The largest absolute Gasteiger partial charge is 0.343 e. The molecule has 1 aromatic heterocycles. The molecule has 74 valence electrons. The zero-order chi connectivity index (χ0) is 10.6. The molecule has 5 heteroatoms. The van der Waals surface area contributed by atoms with Crippen molar-refractivity contribution in [3.05, 3.63) is 35.3 Å². The Morgan fingerprint density at radius 3 is 2.71 bits per heavy atom. The van der Waals surface area contributed by atoms with Gasteiger partial charge in [0.25, 0.3) is 0 Å². The summed E-state index contributed by atoms with van der Waals surface area (Å²) < 4.78 is 0.809. The van der Waals surface area contributed by atoms with Crippen molar-refractivity contribution in [1.82, 2.24) is 15.3 Å². The van der Waals surface area contributed by atoms with Crippen molar-refractivity contribution >= 4 is 21.8 Å². The standard InChI is InChI=1S/C9H10BrN3O/c1-3-8(14)13-6(2)9-11-4-7(10)5-12-9/h3-6H,1H2,2H3,(H,13,14)/t6-/m1/s1. The second kappa shape index (κ2) is 4.85.